The number of nitrogens with one attached hydrogen (secondary N) is 1. The van der Waals surface area contributed by atoms with Gasteiger partial charge in [-0.05, 0) is 36.4 Å². The number of carbonyl (C=O) groups is 1. The van der Waals surface area contributed by atoms with Gasteiger partial charge in [-0.2, -0.15) is 0 Å². The van der Waals surface area contributed by atoms with Gasteiger partial charge in [-0.15, -0.1) is 0 Å². The highest BCUT2D eigenvalue weighted by Crippen LogP contribution is 2.27. The lowest BCUT2D eigenvalue weighted by atomic mass is 10.2. The number of amides is 1. The van der Waals surface area contributed by atoms with Gasteiger partial charge < -0.3 is 15.2 Å². The summed E-state index contributed by atoms with van der Waals surface area (Å²) in [4.78, 5) is 12.0. The summed E-state index contributed by atoms with van der Waals surface area (Å²) < 4.78 is 18.3. The number of ether oxygens (including phenoxy) is 1. The highest BCUT2D eigenvalue weighted by molar-refractivity contribution is 6.31. The zero-order valence-electron chi connectivity index (χ0n) is 10.5. The smallest absolute Gasteiger partial charge is 0.255 e. The molecule has 6 heteroatoms. The van der Waals surface area contributed by atoms with Gasteiger partial charge in [0, 0.05) is 10.6 Å². The SMILES string of the molecule is COc1ccc(C(=O)Nc2cc(Cl)ccc2O)cc1F. The highest BCUT2D eigenvalue weighted by Gasteiger charge is 2.12. The van der Waals surface area contributed by atoms with Crippen LogP contribution >= 0.6 is 11.6 Å². The molecule has 0 aliphatic carbocycles. The Morgan fingerprint density at radius 3 is 2.70 bits per heavy atom. The number of phenolic OH excluding ortho intramolecular Hbond substituents is 1. The van der Waals surface area contributed by atoms with Gasteiger partial charge in [0.25, 0.3) is 5.91 Å². The van der Waals surface area contributed by atoms with Crippen LogP contribution in [0.1, 0.15) is 10.4 Å². The number of rotatable bonds is 3. The van der Waals surface area contributed by atoms with Gasteiger partial charge in [-0.1, -0.05) is 11.6 Å². The molecule has 4 nitrogen and oxygen atoms in total. The number of anilines is 1. The van der Waals surface area contributed by atoms with Crippen molar-refractivity contribution in [2.45, 2.75) is 0 Å². The molecule has 0 fully saturated rings. The first-order valence-electron chi connectivity index (χ1n) is 5.64. The molecule has 104 valence electrons. The van der Waals surface area contributed by atoms with Gasteiger partial charge in [0.1, 0.15) is 5.75 Å². The first kappa shape index (κ1) is 14.1. The van der Waals surface area contributed by atoms with Crippen LogP contribution in [0.3, 0.4) is 0 Å². The van der Waals surface area contributed by atoms with E-state index in [-0.39, 0.29) is 22.7 Å². The second-order valence-corrected chi connectivity index (χ2v) is 4.40. The summed E-state index contributed by atoms with van der Waals surface area (Å²) in [6, 6.07) is 8.05. The van der Waals surface area contributed by atoms with E-state index in [1.54, 1.807) is 0 Å². The molecule has 0 saturated heterocycles. The lowest BCUT2D eigenvalue weighted by Crippen LogP contribution is -2.12. The summed E-state index contributed by atoms with van der Waals surface area (Å²) in [5.74, 6) is -1.29. The number of methoxy groups -OCH3 is 1. The standard InChI is InChI=1S/C14H11ClFNO3/c1-20-13-5-2-8(6-10(13)16)14(19)17-11-7-9(15)3-4-12(11)18/h2-7,18H,1H3,(H,17,19). The number of hydrogen-bond donors (Lipinski definition) is 2. The van der Waals surface area contributed by atoms with Crippen molar-refractivity contribution in [3.8, 4) is 11.5 Å². The van der Waals surface area contributed by atoms with Crippen molar-refractivity contribution in [2.24, 2.45) is 0 Å². The summed E-state index contributed by atoms with van der Waals surface area (Å²) in [5.41, 5.74) is 0.251. The van der Waals surface area contributed by atoms with Crippen molar-refractivity contribution in [2.75, 3.05) is 12.4 Å². The second-order valence-electron chi connectivity index (χ2n) is 3.96. The number of aromatic hydroxyl groups is 1. The molecule has 0 aliphatic rings. The van der Waals surface area contributed by atoms with Crippen molar-refractivity contribution in [3.05, 3.63) is 52.8 Å². The average Bonchev–Trinajstić information content (AvgIpc) is 2.42. The molecule has 2 aromatic rings. The third-order valence-corrected chi connectivity index (χ3v) is 2.86. The fourth-order valence-electron chi connectivity index (χ4n) is 1.61. The van der Waals surface area contributed by atoms with Crippen LogP contribution in [-0.4, -0.2) is 18.1 Å². The monoisotopic (exact) mass is 295 g/mol. The molecule has 0 heterocycles. The minimum atomic E-state index is -0.643. The topological polar surface area (TPSA) is 58.6 Å². The molecule has 0 unspecified atom stereocenters. The Bertz CT molecular complexity index is 661. The summed E-state index contributed by atoms with van der Waals surface area (Å²) in [6.07, 6.45) is 0. The largest absolute Gasteiger partial charge is 0.506 e. The van der Waals surface area contributed by atoms with Crippen LogP contribution in [0, 0.1) is 5.82 Å². The van der Waals surface area contributed by atoms with Crippen molar-refractivity contribution in [1.29, 1.82) is 0 Å². The van der Waals surface area contributed by atoms with Crippen molar-refractivity contribution in [3.63, 3.8) is 0 Å². The number of benzene rings is 2. The maximum absolute atomic E-state index is 13.5. The zero-order valence-corrected chi connectivity index (χ0v) is 11.2. The van der Waals surface area contributed by atoms with E-state index >= 15 is 0 Å². The predicted molar refractivity (Wildman–Crippen MR) is 74.0 cm³/mol. The molecule has 2 aromatic carbocycles. The van der Waals surface area contributed by atoms with E-state index in [9.17, 15) is 14.3 Å². The third-order valence-electron chi connectivity index (χ3n) is 2.62. The van der Waals surface area contributed by atoms with Gasteiger partial charge in [-0.25, -0.2) is 4.39 Å². The van der Waals surface area contributed by atoms with Crippen molar-refractivity contribution >= 4 is 23.2 Å². The second kappa shape index (κ2) is 5.79. The Kier molecular flexibility index (Phi) is 4.10. The first-order chi connectivity index (χ1) is 9.51. The van der Waals surface area contributed by atoms with Crippen LogP contribution in [0.4, 0.5) is 10.1 Å². The predicted octanol–water partition coefficient (Wildman–Crippen LogP) is 3.45. The molecular weight excluding hydrogens is 285 g/mol. The minimum Gasteiger partial charge on any atom is -0.506 e. The van der Waals surface area contributed by atoms with Gasteiger partial charge in [-0.3, -0.25) is 4.79 Å². The number of hydrogen-bond acceptors (Lipinski definition) is 3. The minimum absolute atomic E-state index is 0.0483. The van der Waals surface area contributed by atoms with Gasteiger partial charge in [0.05, 0.1) is 12.8 Å². The molecule has 20 heavy (non-hydrogen) atoms. The molecule has 1 amide bonds. The Morgan fingerprint density at radius 1 is 1.30 bits per heavy atom. The summed E-state index contributed by atoms with van der Waals surface area (Å²) in [5, 5.41) is 12.4. The Balaban J connectivity index is 2.24. The van der Waals surface area contributed by atoms with E-state index in [2.05, 4.69) is 5.32 Å². The normalized spacial score (nSPS) is 10.2. The Hall–Kier alpha value is -2.27. The Morgan fingerprint density at radius 2 is 2.05 bits per heavy atom. The molecule has 0 aromatic heterocycles. The molecule has 0 atom stereocenters. The molecular formula is C14H11ClFNO3. The van der Waals surface area contributed by atoms with E-state index in [0.717, 1.165) is 6.07 Å². The van der Waals surface area contributed by atoms with E-state index in [0.29, 0.717) is 5.02 Å². The molecule has 0 saturated carbocycles. The van der Waals surface area contributed by atoms with Gasteiger partial charge in [0.15, 0.2) is 11.6 Å². The lowest BCUT2D eigenvalue weighted by Gasteiger charge is -2.08. The van der Waals surface area contributed by atoms with Crippen LogP contribution < -0.4 is 10.1 Å². The zero-order chi connectivity index (χ0) is 14.7. The maximum atomic E-state index is 13.5. The molecule has 0 bridgehead atoms. The molecule has 0 aliphatic heterocycles. The van der Waals surface area contributed by atoms with Crippen LogP contribution in [0.15, 0.2) is 36.4 Å². The quantitative estimate of drug-likeness (QED) is 0.853. The first-order valence-corrected chi connectivity index (χ1v) is 6.02. The van der Waals surface area contributed by atoms with Crippen LogP contribution in [0.5, 0.6) is 11.5 Å². The molecule has 2 rings (SSSR count). The summed E-state index contributed by atoms with van der Waals surface area (Å²) in [6.45, 7) is 0. The van der Waals surface area contributed by atoms with Crippen molar-refractivity contribution < 1.29 is 19.0 Å². The number of carbonyl (C=O) groups excluding carboxylic acids is 1. The highest BCUT2D eigenvalue weighted by atomic mass is 35.5. The number of halogens is 2. The summed E-state index contributed by atoms with van der Waals surface area (Å²) >= 11 is 5.77. The molecule has 0 spiro atoms. The Labute approximate surface area is 119 Å². The lowest BCUT2D eigenvalue weighted by molar-refractivity contribution is 0.102. The average molecular weight is 296 g/mol. The number of phenols is 1. The third kappa shape index (κ3) is 3.00. The van der Waals surface area contributed by atoms with Crippen LogP contribution in [0.25, 0.3) is 0 Å². The molecule has 2 N–H and O–H groups in total. The van der Waals surface area contributed by atoms with E-state index in [1.807, 2.05) is 0 Å². The van der Waals surface area contributed by atoms with E-state index in [4.69, 9.17) is 16.3 Å². The van der Waals surface area contributed by atoms with E-state index in [1.165, 1.54) is 37.4 Å². The van der Waals surface area contributed by atoms with Gasteiger partial charge >= 0.3 is 0 Å². The van der Waals surface area contributed by atoms with E-state index < -0.39 is 11.7 Å². The molecule has 0 radical (unpaired) electrons. The fourth-order valence-corrected chi connectivity index (χ4v) is 1.78. The summed E-state index contributed by atoms with van der Waals surface area (Å²) in [7, 11) is 1.34. The van der Waals surface area contributed by atoms with Crippen molar-refractivity contribution in [1.82, 2.24) is 0 Å². The van der Waals surface area contributed by atoms with Crippen LogP contribution in [0.2, 0.25) is 5.02 Å². The fraction of sp³-hybridized carbons (Fsp3) is 0.0714. The maximum Gasteiger partial charge on any atom is 0.255 e. The van der Waals surface area contributed by atoms with Gasteiger partial charge in [0.2, 0.25) is 0 Å². The van der Waals surface area contributed by atoms with Crippen LogP contribution in [-0.2, 0) is 0 Å².